The van der Waals surface area contributed by atoms with Gasteiger partial charge in [-0.1, -0.05) is 0 Å². The Morgan fingerprint density at radius 3 is 2.73 bits per heavy atom. The van der Waals surface area contributed by atoms with Crippen LogP contribution in [0.5, 0.6) is 0 Å². The summed E-state index contributed by atoms with van der Waals surface area (Å²) >= 11 is 0. The normalized spacial score (nSPS) is 23.0. The molecular formula is C17H28N4O. The Hall–Kier alpha value is -1.36. The first-order valence-electron chi connectivity index (χ1n) is 8.58. The molecule has 22 heavy (non-hydrogen) atoms. The molecule has 3 heterocycles. The average molecular weight is 304 g/mol. The van der Waals surface area contributed by atoms with Gasteiger partial charge in [0.2, 0.25) is 0 Å². The predicted molar refractivity (Wildman–Crippen MR) is 87.0 cm³/mol. The number of carbonyl (C=O) groups is 1. The molecule has 122 valence electrons. The molecule has 0 aliphatic carbocycles. The summed E-state index contributed by atoms with van der Waals surface area (Å²) in [5, 5.41) is 0. The number of hydrogen-bond donors (Lipinski definition) is 0. The van der Waals surface area contributed by atoms with Gasteiger partial charge in [-0.2, -0.15) is 0 Å². The standard InChI is InChI=1S/C17H28N4O/c1-12(2)21-15-8-10-19(4)11-14(15)18-16(21)17(22)20-9-6-5-7-13(20)3/h12-13H,5-11H2,1-4H3. The second-order valence-corrected chi connectivity index (χ2v) is 7.12. The van der Waals surface area contributed by atoms with Crippen LogP contribution in [-0.4, -0.2) is 51.4 Å². The zero-order valence-electron chi connectivity index (χ0n) is 14.3. The maximum atomic E-state index is 13.1. The SMILES string of the molecule is CC1CCCCN1C(=O)c1nc2c(n1C(C)C)CCN(C)C2. The molecule has 0 radical (unpaired) electrons. The Labute approximate surface area is 133 Å². The van der Waals surface area contributed by atoms with Gasteiger partial charge in [0.15, 0.2) is 5.82 Å². The molecule has 5 heteroatoms. The molecule has 1 aromatic rings. The third-order valence-corrected chi connectivity index (χ3v) is 5.01. The first-order chi connectivity index (χ1) is 10.5. The molecule has 5 nitrogen and oxygen atoms in total. The summed E-state index contributed by atoms with van der Waals surface area (Å²) in [6, 6.07) is 0.608. The fourth-order valence-corrected chi connectivity index (χ4v) is 3.77. The van der Waals surface area contributed by atoms with Crippen molar-refractivity contribution in [2.45, 2.75) is 65.1 Å². The molecule has 1 atom stereocenters. The second kappa shape index (κ2) is 6.03. The maximum absolute atomic E-state index is 13.1. The Morgan fingerprint density at radius 1 is 1.27 bits per heavy atom. The quantitative estimate of drug-likeness (QED) is 0.843. The minimum Gasteiger partial charge on any atom is -0.333 e. The smallest absolute Gasteiger partial charge is 0.290 e. The van der Waals surface area contributed by atoms with Crippen molar-refractivity contribution < 1.29 is 4.79 Å². The van der Waals surface area contributed by atoms with Gasteiger partial charge in [-0.15, -0.1) is 0 Å². The highest BCUT2D eigenvalue weighted by molar-refractivity contribution is 5.91. The summed E-state index contributed by atoms with van der Waals surface area (Å²) in [5.74, 6) is 0.780. The number of imidazole rings is 1. The highest BCUT2D eigenvalue weighted by Crippen LogP contribution is 2.26. The average Bonchev–Trinajstić information content (AvgIpc) is 2.85. The van der Waals surface area contributed by atoms with E-state index in [2.05, 4.69) is 37.3 Å². The number of rotatable bonds is 2. The zero-order chi connectivity index (χ0) is 15.9. The number of nitrogens with zero attached hydrogens (tertiary/aromatic N) is 4. The maximum Gasteiger partial charge on any atom is 0.290 e. The lowest BCUT2D eigenvalue weighted by atomic mass is 10.0. The van der Waals surface area contributed by atoms with E-state index in [-0.39, 0.29) is 11.9 Å². The van der Waals surface area contributed by atoms with Crippen LogP contribution >= 0.6 is 0 Å². The van der Waals surface area contributed by atoms with E-state index >= 15 is 0 Å². The fourth-order valence-electron chi connectivity index (χ4n) is 3.77. The summed E-state index contributed by atoms with van der Waals surface area (Å²) in [7, 11) is 2.12. The van der Waals surface area contributed by atoms with E-state index in [9.17, 15) is 4.79 Å². The summed E-state index contributed by atoms with van der Waals surface area (Å²) in [6.07, 6.45) is 4.43. The number of likely N-dealkylation sites (tertiary alicyclic amines) is 1. The van der Waals surface area contributed by atoms with Crippen molar-refractivity contribution in [2.24, 2.45) is 0 Å². The van der Waals surface area contributed by atoms with Crippen molar-refractivity contribution in [3.8, 4) is 0 Å². The van der Waals surface area contributed by atoms with Crippen LogP contribution < -0.4 is 0 Å². The van der Waals surface area contributed by atoms with E-state index in [4.69, 9.17) is 4.98 Å². The van der Waals surface area contributed by atoms with E-state index in [1.54, 1.807) is 0 Å². The molecule has 1 saturated heterocycles. The van der Waals surface area contributed by atoms with Crippen LogP contribution in [0.15, 0.2) is 0 Å². The fraction of sp³-hybridized carbons (Fsp3) is 0.765. The van der Waals surface area contributed by atoms with E-state index in [1.807, 2.05) is 4.90 Å². The van der Waals surface area contributed by atoms with Gasteiger partial charge >= 0.3 is 0 Å². The van der Waals surface area contributed by atoms with Gasteiger partial charge in [0.1, 0.15) is 0 Å². The topological polar surface area (TPSA) is 41.4 Å². The lowest BCUT2D eigenvalue weighted by Gasteiger charge is -2.33. The van der Waals surface area contributed by atoms with Gasteiger partial charge in [-0.3, -0.25) is 4.79 Å². The van der Waals surface area contributed by atoms with Crippen LogP contribution in [0.4, 0.5) is 0 Å². The largest absolute Gasteiger partial charge is 0.333 e. The van der Waals surface area contributed by atoms with Crippen molar-refractivity contribution in [1.82, 2.24) is 19.4 Å². The Bertz CT molecular complexity index is 563. The summed E-state index contributed by atoms with van der Waals surface area (Å²) in [5.41, 5.74) is 2.36. The third-order valence-electron chi connectivity index (χ3n) is 5.01. The third kappa shape index (κ3) is 2.67. The van der Waals surface area contributed by atoms with E-state index in [0.29, 0.717) is 11.9 Å². The summed E-state index contributed by atoms with van der Waals surface area (Å²) in [4.78, 5) is 22.1. The molecule has 0 spiro atoms. The molecule has 1 fully saturated rings. The van der Waals surface area contributed by atoms with Crippen molar-refractivity contribution in [1.29, 1.82) is 0 Å². The number of hydrogen-bond acceptors (Lipinski definition) is 3. The molecule has 3 rings (SSSR count). The van der Waals surface area contributed by atoms with Crippen LogP contribution in [0.25, 0.3) is 0 Å². The lowest BCUT2D eigenvalue weighted by molar-refractivity contribution is 0.0615. The first-order valence-corrected chi connectivity index (χ1v) is 8.58. The molecule has 0 saturated carbocycles. The summed E-state index contributed by atoms with van der Waals surface area (Å²) < 4.78 is 2.19. The van der Waals surface area contributed by atoms with Gasteiger partial charge in [-0.25, -0.2) is 4.98 Å². The Balaban J connectivity index is 1.97. The molecule has 1 aromatic heterocycles. The number of aromatic nitrogens is 2. The Kier molecular flexibility index (Phi) is 4.26. The molecule has 1 amide bonds. The first kappa shape index (κ1) is 15.5. The van der Waals surface area contributed by atoms with E-state index in [1.165, 1.54) is 12.1 Å². The highest BCUT2D eigenvalue weighted by Gasteiger charge is 2.31. The minimum absolute atomic E-state index is 0.123. The number of fused-ring (bicyclic) bond motifs is 1. The number of piperidine rings is 1. The van der Waals surface area contributed by atoms with Crippen LogP contribution in [0.3, 0.4) is 0 Å². The van der Waals surface area contributed by atoms with Crippen molar-refractivity contribution in [3.63, 3.8) is 0 Å². The van der Waals surface area contributed by atoms with Crippen LogP contribution in [-0.2, 0) is 13.0 Å². The van der Waals surface area contributed by atoms with E-state index in [0.717, 1.165) is 44.6 Å². The molecule has 2 aliphatic heterocycles. The van der Waals surface area contributed by atoms with Gasteiger partial charge in [0, 0.05) is 43.8 Å². The predicted octanol–water partition coefficient (Wildman–Crippen LogP) is 2.47. The van der Waals surface area contributed by atoms with Gasteiger partial charge in [0.05, 0.1) is 5.69 Å². The summed E-state index contributed by atoms with van der Waals surface area (Å²) in [6.45, 7) is 9.22. The van der Waals surface area contributed by atoms with Crippen molar-refractivity contribution >= 4 is 5.91 Å². The molecule has 1 unspecified atom stereocenters. The van der Waals surface area contributed by atoms with Gasteiger partial charge in [0.25, 0.3) is 5.91 Å². The molecule has 2 aliphatic rings. The van der Waals surface area contributed by atoms with Crippen molar-refractivity contribution in [2.75, 3.05) is 20.1 Å². The van der Waals surface area contributed by atoms with E-state index < -0.39 is 0 Å². The molecule has 0 N–H and O–H groups in total. The number of carbonyl (C=O) groups excluding carboxylic acids is 1. The zero-order valence-corrected chi connectivity index (χ0v) is 14.3. The van der Waals surface area contributed by atoms with Crippen LogP contribution in [0.1, 0.15) is 68.1 Å². The van der Waals surface area contributed by atoms with Crippen LogP contribution in [0, 0.1) is 0 Å². The van der Waals surface area contributed by atoms with Gasteiger partial charge in [-0.05, 0) is 47.1 Å². The second-order valence-electron chi connectivity index (χ2n) is 7.12. The lowest BCUT2D eigenvalue weighted by Crippen LogP contribution is -2.43. The Morgan fingerprint density at radius 2 is 2.05 bits per heavy atom. The number of likely N-dealkylation sites (N-methyl/N-ethyl adjacent to an activating group) is 1. The monoisotopic (exact) mass is 304 g/mol. The molecular weight excluding hydrogens is 276 g/mol. The highest BCUT2D eigenvalue weighted by atomic mass is 16.2. The molecule has 0 aromatic carbocycles. The number of amides is 1. The van der Waals surface area contributed by atoms with Crippen molar-refractivity contribution in [3.05, 3.63) is 17.2 Å². The van der Waals surface area contributed by atoms with Gasteiger partial charge < -0.3 is 14.4 Å². The molecule has 0 bridgehead atoms. The van der Waals surface area contributed by atoms with Crippen LogP contribution in [0.2, 0.25) is 0 Å². The minimum atomic E-state index is 0.123.